The summed E-state index contributed by atoms with van der Waals surface area (Å²) in [6.45, 7) is 0. The van der Waals surface area contributed by atoms with Crippen LogP contribution in [0.15, 0.2) is 12.4 Å². The molecule has 0 aliphatic heterocycles. The molecule has 0 amide bonds. The largest absolute Gasteiger partial charge is 0.363 e. The highest BCUT2D eigenvalue weighted by atomic mass is 15.2. The number of aromatic nitrogens is 2. The van der Waals surface area contributed by atoms with Crippen LogP contribution in [0.5, 0.6) is 0 Å². The summed E-state index contributed by atoms with van der Waals surface area (Å²) >= 11 is 0. The molecule has 0 bridgehead atoms. The van der Waals surface area contributed by atoms with Gasteiger partial charge >= 0.3 is 0 Å². The number of rotatable bonds is 3. The van der Waals surface area contributed by atoms with Crippen molar-refractivity contribution in [3.05, 3.63) is 12.4 Å². The normalized spacial score (nSPS) is 23.8. The Labute approximate surface area is 109 Å². The Balaban J connectivity index is 2.08. The van der Waals surface area contributed by atoms with Crippen LogP contribution < -0.4 is 15.5 Å². The molecule has 1 aromatic rings. The first-order valence-corrected chi connectivity index (χ1v) is 6.55. The van der Waals surface area contributed by atoms with Crippen LogP contribution in [0.3, 0.4) is 0 Å². The van der Waals surface area contributed by atoms with Crippen LogP contribution in [0.4, 0.5) is 11.6 Å². The molecule has 5 heteroatoms. The van der Waals surface area contributed by atoms with Crippen molar-refractivity contribution in [1.29, 1.82) is 0 Å². The van der Waals surface area contributed by atoms with Gasteiger partial charge in [-0.15, -0.1) is 0 Å². The molecule has 2 N–H and O–H groups in total. The van der Waals surface area contributed by atoms with Crippen molar-refractivity contribution < 1.29 is 0 Å². The summed E-state index contributed by atoms with van der Waals surface area (Å²) in [4.78, 5) is 12.9. The van der Waals surface area contributed by atoms with E-state index in [9.17, 15) is 0 Å². The van der Waals surface area contributed by atoms with Crippen LogP contribution in [-0.4, -0.2) is 43.2 Å². The van der Waals surface area contributed by atoms with Gasteiger partial charge in [-0.25, -0.2) is 9.97 Å². The van der Waals surface area contributed by atoms with Crippen molar-refractivity contribution in [3.8, 4) is 0 Å². The monoisotopic (exact) mass is 249 g/mol. The van der Waals surface area contributed by atoms with Crippen molar-refractivity contribution in [1.82, 2.24) is 9.97 Å². The minimum absolute atomic E-state index is 0.386. The van der Waals surface area contributed by atoms with Gasteiger partial charge in [0, 0.05) is 39.3 Å². The Bertz CT molecular complexity index is 385. The van der Waals surface area contributed by atoms with E-state index in [1.54, 1.807) is 6.33 Å². The molecule has 18 heavy (non-hydrogen) atoms. The molecule has 1 fully saturated rings. The molecular weight excluding hydrogens is 226 g/mol. The van der Waals surface area contributed by atoms with Crippen molar-refractivity contribution in [2.45, 2.75) is 37.8 Å². The van der Waals surface area contributed by atoms with Gasteiger partial charge in [-0.3, -0.25) is 0 Å². The van der Waals surface area contributed by atoms with Crippen molar-refractivity contribution in [2.75, 3.05) is 30.9 Å². The van der Waals surface area contributed by atoms with E-state index >= 15 is 0 Å². The number of hydrogen-bond donors (Lipinski definition) is 1. The van der Waals surface area contributed by atoms with Crippen LogP contribution >= 0.6 is 0 Å². The average molecular weight is 249 g/mol. The third kappa shape index (κ3) is 2.90. The molecule has 0 radical (unpaired) electrons. The molecule has 0 spiro atoms. The fraction of sp³-hybridized carbons (Fsp3) is 0.692. The Morgan fingerprint density at radius 2 is 1.67 bits per heavy atom. The van der Waals surface area contributed by atoms with Gasteiger partial charge in [0.1, 0.15) is 18.0 Å². The van der Waals surface area contributed by atoms with Crippen LogP contribution in [-0.2, 0) is 0 Å². The fourth-order valence-corrected chi connectivity index (χ4v) is 2.45. The number of anilines is 2. The van der Waals surface area contributed by atoms with Crippen LogP contribution in [0.25, 0.3) is 0 Å². The lowest BCUT2D eigenvalue weighted by molar-refractivity contribution is 0.383. The van der Waals surface area contributed by atoms with E-state index in [2.05, 4.69) is 21.9 Å². The van der Waals surface area contributed by atoms with Crippen LogP contribution in [0, 0.1) is 0 Å². The van der Waals surface area contributed by atoms with E-state index in [4.69, 9.17) is 5.73 Å². The maximum atomic E-state index is 5.95. The first kappa shape index (κ1) is 13.1. The Morgan fingerprint density at radius 3 is 2.28 bits per heavy atom. The van der Waals surface area contributed by atoms with E-state index < -0.39 is 0 Å². The number of hydrogen-bond acceptors (Lipinski definition) is 5. The molecule has 5 nitrogen and oxygen atoms in total. The molecule has 1 saturated carbocycles. The molecular formula is C13H23N5. The summed E-state index contributed by atoms with van der Waals surface area (Å²) in [6.07, 6.45) is 6.16. The van der Waals surface area contributed by atoms with Gasteiger partial charge in [0.2, 0.25) is 0 Å². The second-order valence-electron chi connectivity index (χ2n) is 5.31. The minimum atomic E-state index is 0.386. The Hall–Kier alpha value is -1.36. The smallest absolute Gasteiger partial charge is 0.134 e. The second-order valence-corrected chi connectivity index (χ2v) is 5.31. The van der Waals surface area contributed by atoms with Crippen LogP contribution in [0.2, 0.25) is 0 Å². The van der Waals surface area contributed by atoms with Gasteiger partial charge < -0.3 is 15.5 Å². The maximum Gasteiger partial charge on any atom is 0.134 e. The van der Waals surface area contributed by atoms with Gasteiger partial charge in [0.05, 0.1) is 0 Å². The lowest BCUT2D eigenvalue weighted by atomic mass is 9.91. The maximum absolute atomic E-state index is 5.95. The summed E-state index contributed by atoms with van der Waals surface area (Å²) in [5.41, 5.74) is 5.95. The third-order valence-electron chi connectivity index (χ3n) is 3.75. The topological polar surface area (TPSA) is 58.3 Å². The lowest BCUT2D eigenvalue weighted by Gasteiger charge is -2.34. The molecule has 0 unspecified atom stereocenters. The summed E-state index contributed by atoms with van der Waals surface area (Å²) < 4.78 is 0. The zero-order valence-corrected chi connectivity index (χ0v) is 11.5. The summed E-state index contributed by atoms with van der Waals surface area (Å²) in [6, 6.07) is 2.97. The highest BCUT2D eigenvalue weighted by molar-refractivity contribution is 5.49. The van der Waals surface area contributed by atoms with Gasteiger partial charge in [0.15, 0.2) is 0 Å². The molecule has 2 rings (SSSR count). The Morgan fingerprint density at radius 1 is 1.06 bits per heavy atom. The van der Waals surface area contributed by atoms with Gasteiger partial charge in [-0.05, 0) is 25.7 Å². The van der Waals surface area contributed by atoms with E-state index in [-0.39, 0.29) is 0 Å². The average Bonchev–Trinajstić information content (AvgIpc) is 2.39. The number of nitrogens with two attached hydrogens (primary N) is 1. The summed E-state index contributed by atoms with van der Waals surface area (Å²) in [5, 5.41) is 0. The van der Waals surface area contributed by atoms with Gasteiger partial charge in [0.25, 0.3) is 0 Å². The minimum Gasteiger partial charge on any atom is -0.363 e. The SMILES string of the molecule is CN(C)c1cc(N(C)C2CCC(N)CC2)ncn1. The third-order valence-corrected chi connectivity index (χ3v) is 3.75. The second kappa shape index (κ2) is 5.52. The molecule has 1 heterocycles. The first-order valence-electron chi connectivity index (χ1n) is 6.55. The number of nitrogens with zero attached hydrogens (tertiary/aromatic N) is 4. The molecule has 1 aliphatic carbocycles. The summed E-state index contributed by atoms with van der Waals surface area (Å²) in [7, 11) is 6.10. The first-order chi connectivity index (χ1) is 8.58. The molecule has 100 valence electrons. The molecule has 0 aromatic carbocycles. The standard InChI is InChI=1S/C13H23N5/c1-17(2)12-8-13(16-9-15-12)18(3)11-6-4-10(14)5-7-11/h8-11H,4-7,14H2,1-3H3. The predicted octanol–water partition coefficient (Wildman–Crippen LogP) is 1.25. The predicted molar refractivity (Wildman–Crippen MR) is 75.0 cm³/mol. The van der Waals surface area contributed by atoms with E-state index in [0.29, 0.717) is 12.1 Å². The Kier molecular flexibility index (Phi) is 4.01. The molecule has 1 aliphatic rings. The molecule has 0 saturated heterocycles. The van der Waals surface area contributed by atoms with Crippen molar-refractivity contribution >= 4 is 11.6 Å². The zero-order chi connectivity index (χ0) is 13.1. The zero-order valence-electron chi connectivity index (χ0n) is 11.5. The van der Waals surface area contributed by atoms with Gasteiger partial charge in [-0.2, -0.15) is 0 Å². The van der Waals surface area contributed by atoms with E-state index in [1.807, 2.05) is 25.1 Å². The fourth-order valence-electron chi connectivity index (χ4n) is 2.45. The van der Waals surface area contributed by atoms with Crippen molar-refractivity contribution in [2.24, 2.45) is 5.73 Å². The molecule has 1 aromatic heterocycles. The molecule has 0 atom stereocenters. The highest BCUT2D eigenvalue weighted by Crippen LogP contribution is 2.25. The summed E-state index contributed by atoms with van der Waals surface area (Å²) in [5.74, 6) is 1.94. The highest BCUT2D eigenvalue weighted by Gasteiger charge is 2.23. The quantitative estimate of drug-likeness (QED) is 0.873. The van der Waals surface area contributed by atoms with Crippen LogP contribution in [0.1, 0.15) is 25.7 Å². The lowest BCUT2D eigenvalue weighted by Crippen LogP contribution is -2.39. The van der Waals surface area contributed by atoms with E-state index in [0.717, 1.165) is 37.3 Å². The van der Waals surface area contributed by atoms with Crippen molar-refractivity contribution in [3.63, 3.8) is 0 Å². The van der Waals surface area contributed by atoms with Gasteiger partial charge in [-0.1, -0.05) is 0 Å². The van der Waals surface area contributed by atoms with E-state index in [1.165, 1.54) is 0 Å².